The predicted molar refractivity (Wildman–Crippen MR) is 150 cm³/mol. The van der Waals surface area contributed by atoms with Gasteiger partial charge < -0.3 is 15.4 Å². The summed E-state index contributed by atoms with van der Waals surface area (Å²) in [5, 5.41) is 10.9. The molecule has 0 radical (unpaired) electrons. The van der Waals surface area contributed by atoms with E-state index in [-0.39, 0.29) is 17.1 Å². The van der Waals surface area contributed by atoms with Crippen LogP contribution in [0.15, 0.2) is 12.3 Å². The van der Waals surface area contributed by atoms with Crippen molar-refractivity contribution in [2.24, 2.45) is 11.8 Å². The monoisotopic (exact) mass is 545 g/mol. The Bertz CT molecular complexity index is 1210. The predicted octanol–water partition coefficient (Wildman–Crippen LogP) is 4.61. The van der Waals surface area contributed by atoms with E-state index in [1.54, 1.807) is 13.3 Å². The summed E-state index contributed by atoms with van der Waals surface area (Å²) in [6.45, 7) is 5.95. The van der Waals surface area contributed by atoms with Crippen molar-refractivity contribution in [3.8, 4) is 17.0 Å². The van der Waals surface area contributed by atoms with Crippen molar-refractivity contribution in [3.63, 3.8) is 0 Å². The molecule has 4 rings (SSSR count). The number of sulfone groups is 1. The van der Waals surface area contributed by atoms with E-state index >= 15 is 0 Å². The van der Waals surface area contributed by atoms with Crippen LogP contribution in [0.4, 0.5) is 5.82 Å². The number of nitrogens with zero attached hydrogens (tertiary/aromatic N) is 3. The number of amides is 1. The normalized spacial score (nSPS) is 20.7. The van der Waals surface area contributed by atoms with Crippen LogP contribution in [-0.4, -0.2) is 60.8 Å². The summed E-state index contributed by atoms with van der Waals surface area (Å²) >= 11 is 0. The Morgan fingerprint density at radius 2 is 1.76 bits per heavy atom. The molecule has 0 aliphatic heterocycles. The topological polar surface area (TPSA) is 115 Å². The number of nitrogens with one attached hydrogen (secondary N) is 2. The van der Waals surface area contributed by atoms with E-state index in [2.05, 4.69) is 20.7 Å². The number of methoxy groups -OCH3 is 1. The molecule has 210 valence electrons. The number of aromatic nitrogens is 3. The van der Waals surface area contributed by atoms with Gasteiger partial charge in [-0.05, 0) is 64.2 Å². The van der Waals surface area contributed by atoms with Crippen molar-refractivity contribution in [1.29, 1.82) is 0 Å². The summed E-state index contributed by atoms with van der Waals surface area (Å²) in [6, 6.07) is 1.93. The van der Waals surface area contributed by atoms with Crippen LogP contribution in [0.2, 0.25) is 0 Å². The molecule has 2 aliphatic rings. The van der Waals surface area contributed by atoms with Gasteiger partial charge in [0.2, 0.25) is 0 Å². The number of hydrogen-bond acceptors (Lipinski definition) is 7. The molecule has 2 aliphatic carbocycles. The molecule has 2 aromatic heterocycles. The first kappa shape index (κ1) is 28.4. The van der Waals surface area contributed by atoms with Crippen LogP contribution in [0.25, 0.3) is 11.3 Å². The zero-order chi connectivity index (χ0) is 27.3. The second kappa shape index (κ2) is 12.5. The lowest BCUT2D eigenvalue weighted by Crippen LogP contribution is -2.34. The van der Waals surface area contributed by atoms with Crippen molar-refractivity contribution in [2.75, 3.05) is 31.8 Å². The highest BCUT2D eigenvalue weighted by molar-refractivity contribution is 7.91. The number of anilines is 1. The van der Waals surface area contributed by atoms with Crippen molar-refractivity contribution in [1.82, 2.24) is 20.1 Å². The maximum atomic E-state index is 13.1. The Labute approximate surface area is 227 Å². The summed E-state index contributed by atoms with van der Waals surface area (Å²) in [5.74, 6) is 2.25. The van der Waals surface area contributed by atoms with Crippen molar-refractivity contribution in [2.45, 2.75) is 83.4 Å². The molecular weight excluding hydrogens is 502 g/mol. The summed E-state index contributed by atoms with van der Waals surface area (Å²) in [4.78, 5) is 17.8. The second-order valence-electron chi connectivity index (χ2n) is 11.0. The van der Waals surface area contributed by atoms with E-state index in [4.69, 9.17) is 4.74 Å². The first-order chi connectivity index (χ1) is 18.2. The van der Waals surface area contributed by atoms with E-state index in [0.29, 0.717) is 43.3 Å². The van der Waals surface area contributed by atoms with Crippen molar-refractivity contribution in [3.05, 3.63) is 23.5 Å². The van der Waals surface area contributed by atoms with Gasteiger partial charge >= 0.3 is 0 Å². The number of hydrogen-bond donors (Lipinski definition) is 2. The molecule has 9 nitrogen and oxygen atoms in total. The highest BCUT2D eigenvalue weighted by atomic mass is 32.2. The minimum atomic E-state index is -3.00. The van der Waals surface area contributed by atoms with Gasteiger partial charge in [0, 0.05) is 43.7 Å². The molecule has 0 bridgehead atoms. The Balaban J connectivity index is 1.44. The van der Waals surface area contributed by atoms with E-state index in [0.717, 1.165) is 42.0 Å². The number of pyridine rings is 1. The van der Waals surface area contributed by atoms with Gasteiger partial charge in [0.1, 0.15) is 21.4 Å². The third-order valence-electron chi connectivity index (χ3n) is 8.29. The van der Waals surface area contributed by atoms with Crippen LogP contribution in [0.1, 0.15) is 80.8 Å². The molecule has 0 aromatic carbocycles. The van der Waals surface area contributed by atoms with Crippen molar-refractivity contribution >= 4 is 21.6 Å². The Morgan fingerprint density at radius 1 is 1.08 bits per heavy atom. The standard InChI is InChI=1S/C28H43N5O4S/c1-5-33-27(23-18-30-25(15-24(23)37-3)29-16-20-9-7-6-8-10-20)19(2)26(32-33)28(34)31-17-21-11-13-22(14-12-21)38(4,35)36/h15,18,20-22H,5-14,16-17H2,1-4H3,(H,29,30)(H,31,34). The van der Waals surface area contributed by atoms with Crippen LogP contribution < -0.4 is 15.4 Å². The molecule has 2 N–H and O–H groups in total. The fraction of sp³-hybridized carbons (Fsp3) is 0.679. The van der Waals surface area contributed by atoms with Gasteiger partial charge in [-0.25, -0.2) is 13.4 Å². The zero-order valence-electron chi connectivity index (χ0n) is 23.3. The quantitative estimate of drug-likeness (QED) is 0.448. The molecule has 2 fully saturated rings. The largest absolute Gasteiger partial charge is 0.496 e. The molecule has 0 spiro atoms. The van der Waals surface area contributed by atoms with Gasteiger partial charge in [-0.1, -0.05) is 19.3 Å². The molecule has 0 saturated heterocycles. The number of ether oxygens (including phenoxy) is 1. The smallest absolute Gasteiger partial charge is 0.272 e. The van der Waals surface area contributed by atoms with E-state index in [1.807, 2.05) is 24.6 Å². The lowest BCUT2D eigenvalue weighted by atomic mass is 9.89. The Morgan fingerprint density at radius 3 is 2.39 bits per heavy atom. The third-order valence-corrected chi connectivity index (χ3v) is 9.97. The fourth-order valence-corrected chi connectivity index (χ4v) is 7.07. The number of carbonyl (C=O) groups is 1. The summed E-state index contributed by atoms with van der Waals surface area (Å²) in [5.41, 5.74) is 2.82. The molecule has 0 unspecified atom stereocenters. The first-order valence-electron chi connectivity index (χ1n) is 14.0. The van der Waals surface area contributed by atoms with Crippen LogP contribution in [-0.2, 0) is 16.4 Å². The minimum absolute atomic E-state index is 0.209. The zero-order valence-corrected chi connectivity index (χ0v) is 24.1. The fourth-order valence-electron chi connectivity index (χ4n) is 5.94. The molecule has 0 atom stereocenters. The maximum absolute atomic E-state index is 13.1. The van der Waals surface area contributed by atoms with Gasteiger partial charge in [0.15, 0.2) is 5.69 Å². The average Bonchev–Trinajstić information content (AvgIpc) is 3.26. The summed E-state index contributed by atoms with van der Waals surface area (Å²) in [7, 11) is -1.35. The van der Waals surface area contributed by atoms with E-state index in [1.165, 1.54) is 38.4 Å². The van der Waals surface area contributed by atoms with E-state index in [9.17, 15) is 13.2 Å². The van der Waals surface area contributed by atoms with Crippen LogP contribution in [0.5, 0.6) is 5.75 Å². The first-order valence-corrected chi connectivity index (χ1v) is 16.0. The molecular formula is C28H43N5O4S. The second-order valence-corrected chi connectivity index (χ2v) is 13.3. The summed E-state index contributed by atoms with van der Waals surface area (Å²) in [6.07, 6.45) is 12.5. The Hall–Kier alpha value is -2.62. The lowest BCUT2D eigenvalue weighted by molar-refractivity contribution is 0.0937. The minimum Gasteiger partial charge on any atom is -0.496 e. The summed E-state index contributed by atoms with van der Waals surface area (Å²) < 4.78 is 31.2. The maximum Gasteiger partial charge on any atom is 0.272 e. The van der Waals surface area contributed by atoms with Gasteiger partial charge in [0.25, 0.3) is 5.91 Å². The number of rotatable bonds is 10. The molecule has 2 saturated carbocycles. The van der Waals surface area contributed by atoms with Crippen LogP contribution >= 0.6 is 0 Å². The SMILES string of the molecule is CCn1nc(C(=O)NCC2CCC(S(C)(=O)=O)CC2)c(C)c1-c1cnc(NCC2CCCCC2)cc1OC. The van der Waals surface area contributed by atoms with Crippen LogP contribution in [0.3, 0.4) is 0 Å². The van der Waals surface area contributed by atoms with E-state index < -0.39 is 9.84 Å². The number of carbonyl (C=O) groups excluding carboxylic acids is 1. The average molecular weight is 546 g/mol. The van der Waals surface area contributed by atoms with Crippen LogP contribution in [0, 0.1) is 18.8 Å². The third kappa shape index (κ3) is 6.68. The lowest BCUT2D eigenvalue weighted by Gasteiger charge is -2.27. The van der Waals surface area contributed by atoms with Gasteiger partial charge in [0.05, 0.1) is 23.6 Å². The van der Waals surface area contributed by atoms with Crippen molar-refractivity contribution < 1.29 is 17.9 Å². The number of aryl methyl sites for hydroxylation is 1. The molecule has 38 heavy (non-hydrogen) atoms. The molecule has 2 heterocycles. The highest BCUT2D eigenvalue weighted by Gasteiger charge is 2.29. The molecule has 10 heteroatoms. The van der Waals surface area contributed by atoms with Gasteiger partial charge in [-0.15, -0.1) is 0 Å². The highest BCUT2D eigenvalue weighted by Crippen LogP contribution is 2.35. The van der Waals surface area contributed by atoms with Gasteiger partial charge in [-0.2, -0.15) is 5.10 Å². The van der Waals surface area contributed by atoms with Gasteiger partial charge in [-0.3, -0.25) is 9.48 Å². The molecule has 1 amide bonds. The molecule has 2 aromatic rings. The Kier molecular flexibility index (Phi) is 9.33.